The number of aromatic hydroxyl groups is 3. The average molecular weight is 317 g/mol. The first-order valence-electron chi connectivity index (χ1n) is 7.26. The van der Waals surface area contributed by atoms with E-state index in [9.17, 15) is 15.3 Å². The molecule has 0 amide bonds. The summed E-state index contributed by atoms with van der Waals surface area (Å²) in [6, 6.07) is 8.53. The molecule has 1 aliphatic heterocycles. The zero-order valence-corrected chi connectivity index (χ0v) is 13.2. The van der Waals surface area contributed by atoms with Gasteiger partial charge in [0.2, 0.25) is 0 Å². The molecule has 3 N–H and O–H groups in total. The van der Waals surface area contributed by atoms with Crippen LogP contribution in [0.4, 0.5) is 0 Å². The van der Waals surface area contributed by atoms with Crippen molar-refractivity contribution in [3.05, 3.63) is 41.5 Å². The minimum atomic E-state index is -0.0652. The highest BCUT2D eigenvalue weighted by Crippen LogP contribution is 2.44. The maximum atomic E-state index is 10.3. The Labute approximate surface area is 134 Å². The summed E-state index contributed by atoms with van der Waals surface area (Å²) in [5.74, 6) is 0.0934. The fourth-order valence-electron chi connectivity index (χ4n) is 2.69. The molecule has 0 spiro atoms. The van der Waals surface area contributed by atoms with E-state index in [0.29, 0.717) is 0 Å². The monoisotopic (exact) mass is 317 g/mol. The summed E-state index contributed by atoms with van der Waals surface area (Å²) in [7, 11) is 2.08. The summed E-state index contributed by atoms with van der Waals surface area (Å²) >= 11 is 1.42. The van der Waals surface area contributed by atoms with E-state index in [1.165, 1.54) is 11.8 Å². The molecule has 1 heterocycles. The molecule has 3 rings (SSSR count). The van der Waals surface area contributed by atoms with Gasteiger partial charge in [0.05, 0.1) is 4.90 Å². The van der Waals surface area contributed by atoms with Crippen molar-refractivity contribution in [3.63, 3.8) is 0 Å². The minimum Gasteiger partial charge on any atom is -0.508 e. The van der Waals surface area contributed by atoms with Crippen molar-refractivity contribution >= 4 is 11.8 Å². The standard InChI is InChI=1S/C17H19NO3S/c1-18-8-6-11-10-15(20)16(21)17(14(11)7-9-18)22-13-4-2-12(19)3-5-13/h2-5,10,19-21H,6-9H2,1H3. The lowest BCUT2D eigenvalue weighted by Crippen LogP contribution is -2.20. The molecule has 0 unspecified atom stereocenters. The quantitative estimate of drug-likeness (QED) is 0.743. The lowest BCUT2D eigenvalue weighted by atomic mass is 10.0. The van der Waals surface area contributed by atoms with Crippen molar-refractivity contribution in [1.29, 1.82) is 0 Å². The molecule has 0 radical (unpaired) electrons. The molecule has 0 atom stereocenters. The van der Waals surface area contributed by atoms with Gasteiger partial charge in [-0.1, -0.05) is 11.8 Å². The summed E-state index contributed by atoms with van der Waals surface area (Å²) in [6.45, 7) is 1.88. The molecular formula is C17H19NO3S. The molecule has 0 bridgehead atoms. The van der Waals surface area contributed by atoms with Crippen LogP contribution in [0.5, 0.6) is 17.2 Å². The van der Waals surface area contributed by atoms with E-state index in [2.05, 4.69) is 11.9 Å². The van der Waals surface area contributed by atoms with E-state index in [4.69, 9.17) is 0 Å². The SMILES string of the molecule is CN1CCc2cc(O)c(O)c(Sc3ccc(O)cc3)c2CC1. The first-order chi connectivity index (χ1) is 10.5. The molecule has 1 aliphatic rings. The molecule has 2 aromatic rings. The first kappa shape index (κ1) is 15.1. The van der Waals surface area contributed by atoms with Crippen LogP contribution in [-0.4, -0.2) is 40.4 Å². The van der Waals surface area contributed by atoms with Crippen molar-refractivity contribution in [2.24, 2.45) is 0 Å². The van der Waals surface area contributed by atoms with Gasteiger partial charge in [0.15, 0.2) is 11.5 Å². The normalized spacial score (nSPS) is 15.3. The largest absolute Gasteiger partial charge is 0.508 e. The second-order valence-electron chi connectivity index (χ2n) is 5.61. The van der Waals surface area contributed by atoms with E-state index in [1.54, 1.807) is 30.3 Å². The van der Waals surface area contributed by atoms with Gasteiger partial charge in [-0.2, -0.15) is 0 Å². The van der Waals surface area contributed by atoms with Crippen molar-refractivity contribution in [3.8, 4) is 17.2 Å². The van der Waals surface area contributed by atoms with Crippen LogP contribution in [0.2, 0.25) is 0 Å². The van der Waals surface area contributed by atoms with Crippen molar-refractivity contribution in [2.45, 2.75) is 22.6 Å². The average Bonchev–Trinajstić information content (AvgIpc) is 2.68. The Balaban J connectivity index is 2.02. The molecular weight excluding hydrogens is 298 g/mol. The Kier molecular flexibility index (Phi) is 4.18. The van der Waals surface area contributed by atoms with Gasteiger partial charge in [-0.3, -0.25) is 0 Å². The lowest BCUT2D eigenvalue weighted by Gasteiger charge is -2.15. The summed E-state index contributed by atoms with van der Waals surface area (Å²) < 4.78 is 0. The molecule has 0 aliphatic carbocycles. The molecule has 5 heteroatoms. The third kappa shape index (κ3) is 3.00. The maximum Gasteiger partial charge on any atom is 0.171 e. The summed E-state index contributed by atoms with van der Waals surface area (Å²) in [6.07, 6.45) is 1.71. The van der Waals surface area contributed by atoms with Crippen molar-refractivity contribution in [1.82, 2.24) is 4.90 Å². The Bertz CT molecular complexity index is 685. The van der Waals surface area contributed by atoms with E-state index >= 15 is 0 Å². The van der Waals surface area contributed by atoms with Crippen LogP contribution < -0.4 is 0 Å². The second kappa shape index (κ2) is 6.10. The summed E-state index contributed by atoms with van der Waals surface area (Å²) in [5, 5.41) is 29.7. The third-order valence-electron chi connectivity index (χ3n) is 3.99. The van der Waals surface area contributed by atoms with E-state index in [-0.39, 0.29) is 17.2 Å². The van der Waals surface area contributed by atoms with E-state index in [1.807, 2.05) is 0 Å². The zero-order chi connectivity index (χ0) is 15.7. The fourth-order valence-corrected chi connectivity index (χ4v) is 3.76. The van der Waals surface area contributed by atoms with E-state index < -0.39 is 0 Å². The Morgan fingerprint density at radius 3 is 2.41 bits per heavy atom. The molecule has 0 aromatic heterocycles. The Morgan fingerprint density at radius 2 is 1.68 bits per heavy atom. The van der Waals surface area contributed by atoms with Gasteiger partial charge < -0.3 is 20.2 Å². The van der Waals surface area contributed by atoms with Crippen LogP contribution >= 0.6 is 11.8 Å². The van der Waals surface area contributed by atoms with Crippen molar-refractivity contribution < 1.29 is 15.3 Å². The summed E-state index contributed by atoms with van der Waals surface area (Å²) in [4.78, 5) is 3.89. The number of rotatable bonds is 2. The number of nitrogens with zero attached hydrogens (tertiary/aromatic N) is 1. The van der Waals surface area contributed by atoms with Gasteiger partial charge in [0.25, 0.3) is 0 Å². The number of likely N-dealkylation sites (N-methyl/N-ethyl adjacent to an activating group) is 1. The van der Waals surface area contributed by atoms with Gasteiger partial charge >= 0.3 is 0 Å². The van der Waals surface area contributed by atoms with Crippen LogP contribution in [0.25, 0.3) is 0 Å². The van der Waals surface area contributed by atoms with Gasteiger partial charge in [-0.05, 0) is 61.3 Å². The van der Waals surface area contributed by atoms with Crippen molar-refractivity contribution in [2.75, 3.05) is 20.1 Å². The first-order valence-corrected chi connectivity index (χ1v) is 8.08. The molecule has 0 saturated carbocycles. The highest BCUT2D eigenvalue weighted by Gasteiger charge is 2.21. The van der Waals surface area contributed by atoms with Crippen LogP contribution in [0.15, 0.2) is 40.1 Å². The van der Waals surface area contributed by atoms with Gasteiger partial charge in [0.1, 0.15) is 5.75 Å². The Hall–Kier alpha value is -1.85. The number of benzene rings is 2. The zero-order valence-electron chi connectivity index (χ0n) is 12.4. The van der Waals surface area contributed by atoms with Crippen LogP contribution in [0, 0.1) is 0 Å². The number of fused-ring (bicyclic) bond motifs is 1. The van der Waals surface area contributed by atoms with Gasteiger partial charge in [0, 0.05) is 18.0 Å². The van der Waals surface area contributed by atoms with Gasteiger partial charge in [-0.25, -0.2) is 0 Å². The minimum absolute atomic E-state index is 0.0543. The molecule has 116 valence electrons. The topological polar surface area (TPSA) is 63.9 Å². The van der Waals surface area contributed by atoms with Crippen LogP contribution in [0.3, 0.4) is 0 Å². The van der Waals surface area contributed by atoms with Crippen LogP contribution in [-0.2, 0) is 12.8 Å². The van der Waals surface area contributed by atoms with Crippen LogP contribution in [0.1, 0.15) is 11.1 Å². The summed E-state index contributed by atoms with van der Waals surface area (Å²) in [5.41, 5.74) is 2.21. The second-order valence-corrected chi connectivity index (χ2v) is 6.69. The number of hydrogen-bond donors (Lipinski definition) is 3. The third-order valence-corrected chi connectivity index (χ3v) is 5.15. The highest BCUT2D eigenvalue weighted by molar-refractivity contribution is 7.99. The highest BCUT2D eigenvalue weighted by atomic mass is 32.2. The van der Waals surface area contributed by atoms with E-state index in [0.717, 1.165) is 46.8 Å². The smallest absolute Gasteiger partial charge is 0.171 e. The predicted molar refractivity (Wildman–Crippen MR) is 86.9 cm³/mol. The predicted octanol–water partition coefficient (Wildman–Crippen LogP) is 2.99. The van der Waals surface area contributed by atoms with Gasteiger partial charge in [-0.15, -0.1) is 0 Å². The number of phenols is 3. The maximum absolute atomic E-state index is 10.3. The number of hydrogen-bond acceptors (Lipinski definition) is 5. The molecule has 0 saturated heterocycles. The Morgan fingerprint density at radius 1 is 1.00 bits per heavy atom. The molecule has 2 aromatic carbocycles. The molecule has 22 heavy (non-hydrogen) atoms. The molecule has 4 nitrogen and oxygen atoms in total. The molecule has 0 fully saturated rings. The fraction of sp³-hybridized carbons (Fsp3) is 0.294. The lowest BCUT2D eigenvalue weighted by molar-refractivity contribution is 0.352. The number of phenolic OH excluding ortho intramolecular Hbond substituents is 3.